The molecule has 130 valence electrons. The number of nitrogens with zero attached hydrogens (tertiary/aromatic N) is 1. The number of ether oxygens (including phenoxy) is 3. The van der Waals surface area contributed by atoms with Crippen LogP contribution in [0.4, 0.5) is 0 Å². The molecule has 0 aliphatic carbocycles. The van der Waals surface area contributed by atoms with Crippen molar-refractivity contribution in [1.82, 2.24) is 0 Å². The van der Waals surface area contributed by atoms with Crippen LogP contribution in [0.2, 0.25) is 0 Å². The second-order valence-corrected chi connectivity index (χ2v) is 6.01. The van der Waals surface area contributed by atoms with Crippen LogP contribution >= 0.6 is 11.8 Å². The summed E-state index contributed by atoms with van der Waals surface area (Å²) < 4.78 is 16.6. The molecule has 0 radical (unpaired) electrons. The van der Waals surface area contributed by atoms with E-state index in [0.29, 0.717) is 23.7 Å². The highest BCUT2D eigenvalue weighted by Crippen LogP contribution is 2.15. The van der Waals surface area contributed by atoms with E-state index in [1.54, 1.807) is 48.2 Å². The molecule has 0 saturated carbocycles. The predicted molar refractivity (Wildman–Crippen MR) is 96.9 cm³/mol. The van der Waals surface area contributed by atoms with Crippen molar-refractivity contribution < 1.29 is 19.0 Å². The lowest BCUT2D eigenvalue weighted by atomic mass is 10.2. The lowest BCUT2D eigenvalue weighted by Gasteiger charge is -2.18. The number of carbonyl (C=O) groups is 1. The molecule has 0 aliphatic rings. The van der Waals surface area contributed by atoms with Crippen LogP contribution in [-0.4, -0.2) is 37.3 Å². The summed E-state index contributed by atoms with van der Waals surface area (Å²) in [6, 6.07) is 17.8. The molecular formula is C19H19NO4S. The second-order valence-electron chi connectivity index (χ2n) is 5.03. The third kappa shape index (κ3) is 6.40. The zero-order valence-corrected chi connectivity index (χ0v) is 14.7. The highest BCUT2D eigenvalue weighted by molar-refractivity contribution is 7.98. The molecule has 0 fully saturated rings. The van der Waals surface area contributed by atoms with E-state index in [1.807, 2.05) is 30.5 Å². The summed E-state index contributed by atoms with van der Waals surface area (Å²) >= 11 is 1.60. The van der Waals surface area contributed by atoms with Gasteiger partial charge in [-0.2, -0.15) is 17.0 Å². The van der Waals surface area contributed by atoms with E-state index in [2.05, 4.69) is 0 Å². The molecule has 0 amide bonds. The summed E-state index contributed by atoms with van der Waals surface area (Å²) in [5.74, 6) is 1.38. The van der Waals surface area contributed by atoms with Gasteiger partial charge in [0.05, 0.1) is 11.6 Å². The van der Waals surface area contributed by atoms with Crippen molar-refractivity contribution in [2.75, 3.05) is 25.2 Å². The Morgan fingerprint density at radius 2 is 1.84 bits per heavy atom. The van der Waals surface area contributed by atoms with Gasteiger partial charge in [0.1, 0.15) is 24.7 Å². The molecule has 0 N–H and O–H groups in total. The first-order chi connectivity index (χ1) is 12.2. The molecule has 2 aromatic carbocycles. The normalized spacial score (nSPS) is 11.2. The van der Waals surface area contributed by atoms with E-state index >= 15 is 0 Å². The number of benzene rings is 2. The van der Waals surface area contributed by atoms with Crippen LogP contribution in [0.5, 0.6) is 11.5 Å². The molecule has 1 unspecified atom stereocenters. The molecule has 0 aliphatic heterocycles. The molecule has 2 rings (SSSR count). The summed E-state index contributed by atoms with van der Waals surface area (Å²) in [5.41, 5.74) is 0.543. The highest BCUT2D eigenvalue weighted by Gasteiger charge is 2.23. The van der Waals surface area contributed by atoms with Gasteiger partial charge >= 0.3 is 5.97 Å². The quantitative estimate of drug-likeness (QED) is 0.507. The van der Waals surface area contributed by atoms with Crippen LogP contribution in [0, 0.1) is 11.3 Å². The van der Waals surface area contributed by atoms with Gasteiger partial charge in [0.25, 0.3) is 0 Å². The highest BCUT2D eigenvalue weighted by atomic mass is 32.2. The third-order valence-corrected chi connectivity index (χ3v) is 3.78. The first-order valence-corrected chi connectivity index (χ1v) is 9.12. The number of esters is 1. The third-order valence-electron chi connectivity index (χ3n) is 3.20. The van der Waals surface area contributed by atoms with E-state index in [-0.39, 0.29) is 6.61 Å². The fourth-order valence-electron chi connectivity index (χ4n) is 1.93. The van der Waals surface area contributed by atoms with Gasteiger partial charge < -0.3 is 14.2 Å². The maximum absolute atomic E-state index is 12.3. The Morgan fingerprint density at radius 3 is 2.48 bits per heavy atom. The minimum absolute atomic E-state index is 0.0128. The summed E-state index contributed by atoms with van der Waals surface area (Å²) in [6.07, 6.45) is 1.07. The topological polar surface area (TPSA) is 68.5 Å². The summed E-state index contributed by atoms with van der Waals surface area (Å²) in [6.45, 7) is 0.338. The summed E-state index contributed by atoms with van der Waals surface area (Å²) in [5, 5.41) is 8.81. The first-order valence-electron chi connectivity index (χ1n) is 7.73. The minimum Gasteiger partial charge on any atom is -0.489 e. The van der Waals surface area contributed by atoms with Crippen LogP contribution in [0.1, 0.15) is 5.56 Å². The van der Waals surface area contributed by atoms with Gasteiger partial charge in [0.15, 0.2) is 0 Å². The molecule has 5 nitrogen and oxygen atoms in total. The number of carbonyl (C=O) groups excluding carboxylic acids is 1. The van der Waals surface area contributed by atoms with Crippen LogP contribution in [0.3, 0.4) is 0 Å². The Labute approximate surface area is 151 Å². The van der Waals surface area contributed by atoms with E-state index in [9.17, 15) is 4.79 Å². The number of para-hydroxylation sites is 1. The monoisotopic (exact) mass is 357 g/mol. The fraction of sp³-hybridized carbons (Fsp3) is 0.263. The average molecular weight is 357 g/mol. The van der Waals surface area contributed by atoms with Crippen LogP contribution in [-0.2, 0) is 9.53 Å². The van der Waals surface area contributed by atoms with Gasteiger partial charge in [-0.1, -0.05) is 18.2 Å². The van der Waals surface area contributed by atoms with Crippen molar-refractivity contribution in [3.05, 3.63) is 60.2 Å². The molecular weight excluding hydrogens is 338 g/mol. The molecule has 6 heteroatoms. The second kappa shape index (κ2) is 10.3. The largest absolute Gasteiger partial charge is 0.489 e. The molecule has 0 saturated heterocycles. The maximum Gasteiger partial charge on any atom is 0.351 e. The molecule has 1 atom stereocenters. The van der Waals surface area contributed by atoms with Crippen LogP contribution in [0.15, 0.2) is 54.6 Å². The van der Waals surface area contributed by atoms with E-state index in [4.69, 9.17) is 19.5 Å². The van der Waals surface area contributed by atoms with Crippen LogP contribution < -0.4 is 9.47 Å². The SMILES string of the molecule is CSCCOC(=O)C(COc1ccc(C#N)cc1)Oc1ccccc1. The zero-order valence-electron chi connectivity index (χ0n) is 13.9. The van der Waals surface area contributed by atoms with Gasteiger partial charge in [-0.25, -0.2) is 4.79 Å². The van der Waals surface area contributed by atoms with Crippen molar-refractivity contribution in [3.63, 3.8) is 0 Å². The lowest BCUT2D eigenvalue weighted by Crippen LogP contribution is -2.35. The van der Waals surface area contributed by atoms with Crippen molar-refractivity contribution in [2.24, 2.45) is 0 Å². The zero-order chi connectivity index (χ0) is 17.9. The van der Waals surface area contributed by atoms with Crippen molar-refractivity contribution in [1.29, 1.82) is 5.26 Å². The molecule has 0 heterocycles. The maximum atomic E-state index is 12.3. The van der Waals surface area contributed by atoms with Gasteiger partial charge in [0.2, 0.25) is 6.10 Å². The van der Waals surface area contributed by atoms with Gasteiger partial charge in [-0.3, -0.25) is 0 Å². The molecule has 0 spiro atoms. The van der Waals surface area contributed by atoms with E-state index < -0.39 is 12.1 Å². The Hall–Kier alpha value is -2.65. The number of hydrogen-bond acceptors (Lipinski definition) is 6. The predicted octanol–water partition coefficient (Wildman–Crippen LogP) is 3.29. The average Bonchev–Trinajstić information content (AvgIpc) is 2.66. The molecule has 25 heavy (non-hydrogen) atoms. The Kier molecular flexibility index (Phi) is 7.67. The van der Waals surface area contributed by atoms with Gasteiger partial charge in [-0.15, -0.1) is 0 Å². The van der Waals surface area contributed by atoms with Crippen LogP contribution in [0.25, 0.3) is 0 Å². The minimum atomic E-state index is -0.875. The Balaban J connectivity index is 1.99. The smallest absolute Gasteiger partial charge is 0.351 e. The van der Waals surface area contributed by atoms with Gasteiger partial charge in [-0.05, 0) is 42.7 Å². The standard InChI is InChI=1S/C19H19NO4S/c1-25-12-11-22-19(21)18(24-17-5-3-2-4-6-17)14-23-16-9-7-15(13-20)8-10-16/h2-10,18H,11-12,14H2,1H3. The number of thioether (sulfide) groups is 1. The van der Waals surface area contributed by atoms with E-state index in [0.717, 1.165) is 5.75 Å². The molecule has 2 aromatic rings. The Bertz CT molecular complexity index is 698. The number of rotatable bonds is 9. The summed E-state index contributed by atoms with van der Waals surface area (Å²) in [4.78, 5) is 12.3. The first kappa shape index (κ1) is 18.7. The Morgan fingerprint density at radius 1 is 1.12 bits per heavy atom. The fourth-order valence-corrected chi connectivity index (χ4v) is 2.18. The van der Waals surface area contributed by atoms with Crippen molar-refractivity contribution in [2.45, 2.75) is 6.10 Å². The van der Waals surface area contributed by atoms with Crippen molar-refractivity contribution in [3.8, 4) is 17.6 Å². The number of hydrogen-bond donors (Lipinski definition) is 0. The number of nitriles is 1. The molecule has 0 aromatic heterocycles. The lowest BCUT2D eigenvalue weighted by molar-refractivity contribution is -0.152. The summed E-state index contributed by atoms with van der Waals surface area (Å²) in [7, 11) is 0. The molecule has 0 bridgehead atoms. The van der Waals surface area contributed by atoms with Gasteiger partial charge in [0, 0.05) is 5.75 Å². The van der Waals surface area contributed by atoms with E-state index in [1.165, 1.54) is 0 Å². The van der Waals surface area contributed by atoms with Crippen molar-refractivity contribution >= 4 is 17.7 Å².